The molecule has 2 rings (SSSR count). The van der Waals surface area contributed by atoms with Crippen molar-refractivity contribution in [2.45, 2.75) is 71.3 Å². The molecule has 1 amide bonds. The van der Waals surface area contributed by atoms with Crippen molar-refractivity contribution in [2.75, 3.05) is 13.6 Å². The Bertz CT molecular complexity index is 682. The maximum Gasteiger partial charge on any atom is 0.246 e. The second-order valence-electron chi connectivity index (χ2n) is 7.24. The maximum atomic E-state index is 11.5. The van der Waals surface area contributed by atoms with Gasteiger partial charge in [0.2, 0.25) is 17.6 Å². The van der Waals surface area contributed by atoms with Crippen LogP contribution in [0, 0.1) is 0 Å². The molecule has 1 aromatic carbocycles. The first-order chi connectivity index (χ1) is 13.7. The molecule has 6 heteroatoms. The average Bonchev–Trinajstić information content (AvgIpc) is 3.18. The van der Waals surface area contributed by atoms with E-state index in [-0.39, 0.29) is 19.0 Å². The summed E-state index contributed by atoms with van der Waals surface area (Å²) >= 11 is 0. The summed E-state index contributed by atoms with van der Waals surface area (Å²) in [6.07, 6.45) is 11.8. The first kappa shape index (κ1) is 22.1. The molecule has 1 heterocycles. The largest absolute Gasteiger partial charge is 0.346 e. The average molecular weight is 387 g/mol. The highest BCUT2D eigenvalue weighted by molar-refractivity contribution is 5.77. The Kier molecular flexibility index (Phi) is 10.3. The molecule has 6 nitrogen and oxygen atoms in total. The second-order valence-corrected chi connectivity index (χ2v) is 7.24. The van der Waals surface area contributed by atoms with Gasteiger partial charge in [-0.3, -0.25) is 4.79 Å². The minimum absolute atomic E-state index is 0.104. The number of carbonyl (C=O) groups is 1. The molecule has 0 saturated heterocycles. The highest BCUT2D eigenvalue weighted by Gasteiger charge is 2.09. The Morgan fingerprint density at radius 2 is 1.68 bits per heavy atom. The zero-order chi connectivity index (χ0) is 20.0. The molecule has 0 aliphatic rings. The van der Waals surface area contributed by atoms with Gasteiger partial charge in [0.15, 0.2) is 0 Å². The van der Waals surface area contributed by atoms with Crippen molar-refractivity contribution in [2.24, 2.45) is 0 Å². The number of aromatic nitrogens is 2. The number of likely N-dealkylation sites (N-methyl/N-ethyl adjacent to an activating group) is 1. The standard InChI is InChI=1S/C22H34N4O2/c1-3-4-5-6-7-8-9-10-11-18-12-14-19(15-13-18)22-25-21(28-26-22)17-24-20(27)16-23-2/h12-15,23H,3-11,16-17H2,1-2H3,(H,24,27). The molecule has 0 aliphatic carbocycles. The van der Waals surface area contributed by atoms with Crippen molar-refractivity contribution >= 4 is 5.91 Å². The molecule has 0 saturated carbocycles. The number of carbonyl (C=O) groups excluding carboxylic acids is 1. The third-order valence-corrected chi connectivity index (χ3v) is 4.77. The van der Waals surface area contributed by atoms with Crippen LogP contribution in [0.3, 0.4) is 0 Å². The van der Waals surface area contributed by atoms with Crippen LogP contribution in [0.5, 0.6) is 0 Å². The van der Waals surface area contributed by atoms with Crippen LogP contribution in [0.4, 0.5) is 0 Å². The number of hydrogen-bond acceptors (Lipinski definition) is 5. The van der Waals surface area contributed by atoms with Crippen molar-refractivity contribution in [3.05, 3.63) is 35.7 Å². The minimum atomic E-state index is -0.104. The van der Waals surface area contributed by atoms with Gasteiger partial charge in [-0.1, -0.05) is 81.3 Å². The summed E-state index contributed by atoms with van der Waals surface area (Å²) in [4.78, 5) is 15.8. The summed E-state index contributed by atoms with van der Waals surface area (Å²) in [6, 6.07) is 8.35. The number of unbranched alkanes of at least 4 members (excludes halogenated alkanes) is 7. The van der Waals surface area contributed by atoms with Crippen molar-refractivity contribution in [1.82, 2.24) is 20.8 Å². The van der Waals surface area contributed by atoms with E-state index in [2.05, 4.69) is 39.8 Å². The topological polar surface area (TPSA) is 80.0 Å². The first-order valence-electron chi connectivity index (χ1n) is 10.6. The Labute approximate surface area is 168 Å². The summed E-state index contributed by atoms with van der Waals surface area (Å²) in [7, 11) is 1.72. The van der Waals surface area contributed by atoms with Crippen LogP contribution in [0.15, 0.2) is 28.8 Å². The molecule has 2 N–H and O–H groups in total. The van der Waals surface area contributed by atoms with Crippen molar-refractivity contribution in [1.29, 1.82) is 0 Å². The van der Waals surface area contributed by atoms with E-state index in [1.807, 2.05) is 12.1 Å². The van der Waals surface area contributed by atoms with Crippen molar-refractivity contribution in [3.63, 3.8) is 0 Å². The number of hydrogen-bond donors (Lipinski definition) is 2. The third kappa shape index (κ3) is 8.21. The van der Waals surface area contributed by atoms with Crippen molar-refractivity contribution in [3.8, 4) is 11.4 Å². The number of aryl methyl sites for hydroxylation is 1. The van der Waals surface area contributed by atoms with E-state index in [0.29, 0.717) is 11.7 Å². The number of benzene rings is 1. The van der Waals surface area contributed by atoms with Gasteiger partial charge in [0.05, 0.1) is 13.1 Å². The summed E-state index contributed by atoms with van der Waals surface area (Å²) in [5.74, 6) is 0.853. The fourth-order valence-electron chi connectivity index (χ4n) is 3.12. The molecule has 0 unspecified atom stereocenters. The lowest BCUT2D eigenvalue weighted by Gasteiger charge is -2.03. The molecular formula is C22H34N4O2. The van der Waals surface area contributed by atoms with Gasteiger partial charge in [0.1, 0.15) is 0 Å². The van der Waals surface area contributed by atoms with Gasteiger partial charge in [-0.05, 0) is 25.5 Å². The van der Waals surface area contributed by atoms with Crippen LogP contribution in [0.1, 0.15) is 69.7 Å². The number of nitrogens with zero attached hydrogens (tertiary/aromatic N) is 2. The molecule has 2 aromatic rings. The van der Waals surface area contributed by atoms with E-state index in [9.17, 15) is 4.79 Å². The van der Waals surface area contributed by atoms with Crippen LogP contribution in [0.2, 0.25) is 0 Å². The lowest BCUT2D eigenvalue weighted by molar-refractivity contribution is -0.120. The minimum Gasteiger partial charge on any atom is -0.346 e. The molecule has 0 aliphatic heterocycles. The molecule has 0 atom stereocenters. The molecule has 28 heavy (non-hydrogen) atoms. The van der Waals surface area contributed by atoms with E-state index in [4.69, 9.17) is 4.52 Å². The zero-order valence-corrected chi connectivity index (χ0v) is 17.3. The van der Waals surface area contributed by atoms with E-state index >= 15 is 0 Å². The van der Waals surface area contributed by atoms with Gasteiger partial charge in [0, 0.05) is 5.56 Å². The molecule has 0 fully saturated rings. The maximum absolute atomic E-state index is 11.5. The molecule has 0 spiro atoms. The van der Waals surface area contributed by atoms with Gasteiger partial charge in [-0.2, -0.15) is 4.98 Å². The predicted molar refractivity (Wildman–Crippen MR) is 112 cm³/mol. The highest BCUT2D eigenvalue weighted by Crippen LogP contribution is 2.18. The summed E-state index contributed by atoms with van der Waals surface area (Å²) in [5.41, 5.74) is 2.27. The number of rotatable bonds is 14. The van der Waals surface area contributed by atoms with Gasteiger partial charge < -0.3 is 15.2 Å². The van der Waals surface area contributed by atoms with Crippen molar-refractivity contribution < 1.29 is 9.32 Å². The van der Waals surface area contributed by atoms with Crippen LogP contribution >= 0.6 is 0 Å². The number of amides is 1. The molecule has 154 valence electrons. The zero-order valence-electron chi connectivity index (χ0n) is 17.3. The molecular weight excluding hydrogens is 352 g/mol. The predicted octanol–water partition coefficient (Wildman–Crippen LogP) is 4.26. The number of nitrogens with one attached hydrogen (secondary N) is 2. The lowest BCUT2D eigenvalue weighted by atomic mass is 10.0. The van der Waals surface area contributed by atoms with Gasteiger partial charge >= 0.3 is 0 Å². The highest BCUT2D eigenvalue weighted by atomic mass is 16.5. The summed E-state index contributed by atoms with van der Waals surface area (Å²) in [5, 5.41) is 9.52. The van der Waals surface area contributed by atoms with Crippen LogP contribution < -0.4 is 10.6 Å². The molecule has 0 radical (unpaired) electrons. The van der Waals surface area contributed by atoms with E-state index in [1.54, 1.807) is 7.05 Å². The monoisotopic (exact) mass is 386 g/mol. The van der Waals surface area contributed by atoms with Crippen LogP contribution in [-0.4, -0.2) is 29.6 Å². The van der Waals surface area contributed by atoms with Crippen LogP contribution in [-0.2, 0) is 17.8 Å². The Morgan fingerprint density at radius 3 is 2.36 bits per heavy atom. The van der Waals surface area contributed by atoms with Gasteiger partial charge in [-0.15, -0.1) is 0 Å². The first-order valence-corrected chi connectivity index (χ1v) is 10.6. The van der Waals surface area contributed by atoms with Gasteiger partial charge in [-0.25, -0.2) is 0 Å². The Morgan fingerprint density at radius 1 is 1.00 bits per heavy atom. The normalized spacial score (nSPS) is 10.9. The third-order valence-electron chi connectivity index (χ3n) is 4.77. The summed E-state index contributed by atoms with van der Waals surface area (Å²) in [6.45, 7) is 2.76. The molecule has 1 aromatic heterocycles. The van der Waals surface area contributed by atoms with E-state index in [1.165, 1.54) is 56.9 Å². The van der Waals surface area contributed by atoms with E-state index in [0.717, 1.165) is 12.0 Å². The lowest BCUT2D eigenvalue weighted by Crippen LogP contribution is -2.31. The quantitative estimate of drug-likeness (QED) is 0.474. The fraction of sp³-hybridized carbons (Fsp3) is 0.591. The smallest absolute Gasteiger partial charge is 0.246 e. The van der Waals surface area contributed by atoms with Gasteiger partial charge in [0.25, 0.3) is 0 Å². The fourth-order valence-corrected chi connectivity index (χ4v) is 3.12. The van der Waals surface area contributed by atoms with Crippen LogP contribution in [0.25, 0.3) is 11.4 Å². The Hall–Kier alpha value is -2.21. The summed E-state index contributed by atoms with van der Waals surface area (Å²) < 4.78 is 5.21. The molecule has 0 bridgehead atoms. The van der Waals surface area contributed by atoms with E-state index < -0.39 is 0 Å². The SMILES string of the molecule is CCCCCCCCCCc1ccc(-c2noc(CNC(=O)CNC)n2)cc1. The second kappa shape index (κ2) is 13.0. The Balaban J connectivity index is 1.70.